The Morgan fingerprint density at radius 2 is 1.94 bits per heavy atom. The van der Waals surface area contributed by atoms with Crippen LogP contribution in [0.25, 0.3) is 0 Å². The number of aromatic nitrogens is 1. The van der Waals surface area contributed by atoms with E-state index in [1.54, 1.807) is 24.3 Å². The first-order chi connectivity index (χ1) is 8.08. The van der Waals surface area contributed by atoms with Crippen LogP contribution in [0.2, 0.25) is 0 Å². The predicted octanol–water partition coefficient (Wildman–Crippen LogP) is 2.92. The number of aliphatic hydroxyl groups is 1. The minimum atomic E-state index is -1.02. The molecule has 0 amide bonds. The first-order valence-electron chi connectivity index (χ1n) is 5.45. The van der Waals surface area contributed by atoms with Crippen molar-refractivity contribution in [1.29, 1.82) is 0 Å². The van der Waals surface area contributed by atoms with Gasteiger partial charge in [0.05, 0.1) is 5.69 Å². The van der Waals surface area contributed by atoms with Crippen molar-refractivity contribution >= 4 is 0 Å². The Kier molecular flexibility index (Phi) is 3.20. The predicted molar refractivity (Wildman–Crippen MR) is 64.2 cm³/mol. The zero-order valence-corrected chi connectivity index (χ0v) is 9.81. The SMILES string of the molecule is Cc1ccc(F)c(C(O)c2cccc(C)n2)c1. The summed E-state index contributed by atoms with van der Waals surface area (Å²) in [7, 11) is 0. The number of benzene rings is 1. The number of aryl methyl sites for hydroxylation is 2. The maximum absolute atomic E-state index is 13.6. The second kappa shape index (κ2) is 4.63. The second-order valence-electron chi connectivity index (χ2n) is 4.13. The molecule has 2 aromatic rings. The Labute approximate surface area is 99.8 Å². The van der Waals surface area contributed by atoms with E-state index >= 15 is 0 Å². The Morgan fingerprint density at radius 1 is 1.18 bits per heavy atom. The number of hydrogen-bond acceptors (Lipinski definition) is 2. The molecule has 1 unspecified atom stereocenters. The van der Waals surface area contributed by atoms with Gasteiger partial charge in [0, 0.05) is 11.3 Å². The van der Waals surface area contributed by atoms with Gasteiger partial charge in [-0.15, -0.1) is 0 Å². The molecule has 0 aliphatic carbocycles. The fourth-order valence-electron chi connectivity index (χ4n) is 1.75. The third-order valence-corrected chi connectivity index (χ3v) is 2.64. The van der Waals surface area contributed by atoms with Crippen LogP contribution in [0.1, 0.15) is 28.6 Å². The highest BCUT2D eigenvalue weighted by atomic mass is 19.1. The lowest BCUT2D eigenvalue weighted by Gasteiger charge is -2.12. The van der Waals surface area contributed by atoms with Gasteiger partial charge in [-0.1, -0.05) is 23.8 Å². The van der Waals surface area contributed by atoms with Crippen LogP contribution in [0.15, 0.2) is 36.4 Å². The molecule has 1 heterocycles. The van der Waals surface area contributed by atoms with Crippen LogP contribution in [0, 0.1) is 19.7 Å². The summed E-state index contributed by atoms with van der Waals surface area (Å²) in [5.41, 5.74) is 2.44. The number of rotatable bonds is 2. The fraction of sp³-hybridized carbons (Fsp3) is 0.214. The van der Waals surface area contributed by atoms with E-state index in [0.29, 0.717) is 5.69 Å². The molecule has 2 rings (SSSR count). The maximum atomic E-state index is 13.6. The number of halogens is 1. The molecule has 0 saturated carbocycles. The maximum Gasteiger partial charge on any atom is 0.129 e. The Hall–Kier alpha value is -1.74. The molecule has 17 heavy (non-hydrogen) atoms. The Balaban J connectivity index is 2.43. The van der Waals surface area contributed by atoms with Gasteiger partial charge >= 0.3 is 0 Å². The monoisotopic (exact) mass is 231 g/mol. The van der Waals surface area contributed by atoms with E-state index in [2.05, 4.69) is 4.98 Å². The smallest absolute Gasteiger partial charge is 0.129 e. The quantitative estimate of drug-likeness (QED) is 0.862. The van der Waals surface area contributed by atoms with E-state index in [1.807, 2.05) is 19.9 Å². The summed E-state index contributed by atoms with van der Waals surface area (Å²) in [4.78, 5) is 4.20. The van der Waals surface area contributed by atoms with Crippen LogP contribution < -0.4 is 0 Å². The van der Waals surface area contributed by atoms with Gasteiger partial charge in [-0.3, -0.25) is 4.98 Å². The first kappa shape index (κ1) is 11.7. The normalized spacial score (nSPS) is 12.5. The van der Waals surface area contributed by atoms with Gasteiger partial charge in [0.15, 0.2) is 0 Å². The van der Waals surface area contributed by atoms with Gasteiger partial charge in [-0.25, -0.2) is 4.39 Å². The van der Waals surface area contributed by atoms with Gasteiger partial charge in [0.1, 0.15) is 11.9 Å². The molecule has 1 aromatic heterocycles. The minimum absolute atomic E-state index is 0.267. The number of pyridine rings is 1. The molecule has 0 fully saturated rings. The second-order valence-corrected chi connectivity index (χ2v) is 4.13. The van der Waals surface area contributed by atoms with Gasteiger partial charge < -0.3 is 5.11 Å². The summed E-state index contributed by atoms with van der Waals surface area (Å²) >= 11 is 0. The average molecular weight is 231 g/mol. The summed E-state index contributed by atoms with van der Waals surface area (Å²) in [6.07, 6.45) is -1.02. The lowest BCUT2D eigenvalue weighted by Crippen LogP contribution is -2.05. The van der Waals surface area contributed by atoms with Crippen LogP contribution in [0.3, 0.4) is 0 Å². The zero-order valence-electron chi connectivity index (χ0n) is 9.81. The molecule has 2 nitrogen and oxygen atoms in total. The molecule has 3 heteroatoms. The lowest BCUT2D eigenvalue weighted by atomic mass is 10.0. The van der Waals surface area contributed by atoms with E-state index in [9.17, 15) is 9.50 Å². The van der Waals surface area contributed by atoms with E-state index in [1.165, 1.54) is 6.07 Å². The van der Waals surface area contributed by atoms with Crippen molar-refractivity contribution in [2.24, 2.45) is 0 Å². The van der Waals surface area contributed by atoms with Crippen LogP contribution in [0.5, 0.6) is 0 Å². The zero-order chi connectivity index (χ0) is 12.4. The summed E-state index contributed by atoms with van der Waals surface area (Å²) < 4.78 is 13.6. The largest absolute Gasteiger partial charge is 0.382 e. The van der Waals surface area contributed by atoms with E-state index in [4.69, 9.17) is 0 Å². The van der Waals surface area contributed by atoms with Crippen molar-refractivity contribution in [1.82, 2.24) is 4.98 Å². The molecule has 0 radical (unpaired) electrons. The molecule has 88 valence electrons. The number of aliphatic hydroxyl groups excluding tert-OH is 1. The molecule has 0 saturated heterocycles. The highest BCUT2D eigenvalue weighted by Gasteiger charge is 2.16. The number of nitrogens with zero attached hydrogens (tertiary/aromatic N) is 1. The summed E-state index contributed by atoms with van der Waals surface area (Å²) in [6, 6.07) is 10.0. The molecular formula is C14H14FNO. The fourth-order valence-corrected chi connectivity index (χ4v) is 1.75. The van der Waals surface area contributed by atoms with Crippen LogP contribution in [0.4, 0.5) is 4.39 Å². The number of hydrogen-bond donors (Lipinski definition) is 1. The van der Waals surface area contributed by atoms with E-state index < -0.39 is 11.9 Å². The van der Waals surface area contributed by atoms with Crippen LogP contribution in [-0.4, -0.2) is 10.1 Å². The molecule has 0 spiro atoms. The van der Waals surface area contributed by atoms with Gasteiger partial charge in [-0.2, -0.15) is 0 Å². The van der Waals surface area contributed by atoms with Gasteiger partial charge in [-0.05, 0) is 32.0 Å². The molecule has 1 atom stereocenters. The first-order valence-corrected chi connectivity index (χ1v) is 5.45. The van der Waals surface area contributed by atoms with Crippen LogP contribution in [-0.2, 0) is 0 Å². The highest BCUT2D eigenvalue weighted by molar-refractivity contribution is 5.31. The average Bonchev–Trinajstić information content (AvgIpc) is 2.31. The third kappa shape index (κ3) is 2.50. The van der Waals surface area contributed by atoms with Crippen molar-refractivity contribution in [3.05, 3.63) is 64.7 Å². The Bertz CT molecular complexity index is 539. The minimum Gasteiger partial charge on any atom is -0.382 e. The van der Waals surface area contributed by atoms with E-state index in [-0.39, 0.29) is 5.56 Å². The summed E-state index contributed by atoms with van der Waals surface area (Å²) in [5.74, 6) is -0.411. The van der Waals surface area contributed by atoms with Gasteiger partial charge in [0.2, 0.25) is 0 Å². The van der Waals surface area contributed by atoms with Crippen molar-refractivity contribution in [3.63, 3.8) is 0 Å². The molecule has 0 bridgehead atoms. The third-order valence-electron chi connectivity index (χ3n) is 2.64. The standard InChI is InChI=1S/C14H14FNO/c1-9-6-7-12(15)11(8-9)14(17)13-5-3-4-10(2)16-13/h3-8,14,17H,1-2H3. The summed E-state index contributed by atoms with van der Waals surface area (Å²) in [5, 5.41) is 10.1. The molecule has 0 aliphatic rings. The van der Waals surface area contributed by atoms with Crippen molar-refractivity contribution in [3.8, 4) is 0 Å². The van der Waals surface area contributed by atoms with E-state index in [0.717, 1.165) is 11.3 Å². The topological polar surface area (TPSA) is 33.1 Å². The van der Waals surface area contributed by atoms with Crippen molar-refractivity contribution < 1.29 is 9.50 Å². The summed E-state index contributed by atoms with van der Waals surface area (Å²) in [6.45, 7) is 3.70. The Morgan fingerprint density at radius 3 is 2.65 bits per heavy atom. The lowest BCUT2D eigenvalue weighted by molar-refractivity contribution is 0.210. The van der Waals surface area contributed by atoms with Crippen molar-refractivity contribution in [2.75, 3.05) is 0 Å². The molecule has 1 N–H and O–H groups in total. The highest BCUT2D eigenvalue weighted by Crippen LogP contribution is 2.23. The van der Waals surface area contributed by atoms with Crippen molar-refractivity contribution in [2.45, 2.75) is 20.0 Å². The molecular weight excluding hydrogens is 217 g/mol. The van der Waals surface area contributed by atoms with Gasteiger partial charge in [0.25, 0.3) is 0 Å². The molecule has 1 aromatic carbocycles. The van der Waals surface area contributed by atoms with Crippen LogP contribution >= 0.6 is 0 Å². The molecule has 0 aliphatic heterocycles.